The molecular weight excluding hydrogens is 438 g/mol. The molecule has 3 rings (SSSR count). The van der Waals surface area contributed by atoms with Gasteiger partial charge in [-0.25, -0.2) is 13.4 Å². The maximum atomic E-state index is 13.3. The normalized spacial score (nSPS) is 14.2. The molecular formula is C21H23N3O7S. The minimum absolute atomic E-state index is 0.0118. The predicted molar refractivity (Wildman–Crippen MR) is 116 cm³/mol. The number of carbonyl (C=O) groups excluding carboxylic acids is 3. The lowest BCUT2D eigenvalue weighted by molar-refractivity contribution is -0.114. The van der Waals surface area contributed by atoms with Crippen molar-refractivity contribution in [2.45, 2.75) is 19.9 Å². The highest BCUT2D eigenvalue weighted by molar-refractivity contribution is 7.90. The zero-order valence-corrected chi connectivity index (χ0v) is 18.9. The molecule has 2 aromatic rings. The Hall–Kier alpha value is -3.47. The van der Waals surface area contributed by atoms with Gasteiger partial charge in [-0.05, 0) is 30.7 Å². The summed E-state index contributed by atoms with van der Waals surface area (Å²) in [7, 11) is -2.22. The lowest BCUT2D eigenvalue weighted by Gasteiger charge is -2.26. The summed E-state index contributed by atoms with van der Waals surface area (Å²) in [5.41, 5.74) is 0.552. The number of carbonyl (C=O) groups is 3. The van der Waals surface area contributed by atoms with Crippen LogP contribution >= 0.6 is 0 Å². The van der Waals surface area contributed by atoms with Crippen molar-refractivity contribution in [1.82, 2.24) is 9.88 Å². The van der Waals surface area contributed by atoms with Crippen molar-refractivity contribution < 1.29 is 32.3 Å². The van der Waals surface area contributed by atoms with Crippen molar-refractivity contribution in [3.63, 3.8) is 0 Å². The SMILES string of the molecule is CCOc1cc(C(CS(C)(=O)=O)N2C(=O)c3cccc(NC(C)=O)c3C2=O)cnc1OC. The Balaban J connectivity index is 2.13. The molecule has 0 saturated heterocycles. The number of imide groups is 1. The molecule has 0 bridgehead atoms. The fourth-order valence-corrected chi connectivity index (χ4v) is 4.44. The monoisotopic (exact) mass is 461 g/mol. The van der Waals surface area contributed by atoms with Gasteiger partial charge in [-0.15, -0.1) is 0 Å². The smallest absolute Gasteiger partial charge is 0.264 e. The average molecular weight is 461 g/mol. The highest BCUT2D eigenvalue weighted by Gasteiger charge is 2.43. The second kappa shape index (κ2) is 8.95. The number of aromatic nitrogens is 1. The highest BCUT2D eigenvalue weighted by Crippen LogP contribution is 2.37. The maximum Gasteiger partial charge on any atom is 0.264 e. The molecule has 0 fully saturated rings. The number of amides is 3. The Morgan fingerprint density at radius 2 is 1.97 bits per heavy atom. The Bertz CT molecular complexity index is 1190. The Morgan fingerprint density at radius 3 is 2.56 bits per heavy atom. The lowest BCUT2D eigenvalue weighted by Crippen LogP contribution is -2.38. The van der Waals surface area contributed by atoms with Crippen LogP contribution in [0.5, 0.6) is 11.6 Å². The van der Waals surface area contributed by atoms with Gasteiger partial charge in [0.1, 0.15) is 9.84 Å². The summed E-state index contributed by atoms with van der Waals surface area (Å²) in [5, 5.41) is 2.54. The molecule has 170 valence electrons. The molecule has 2 heterocycles. The third-order valence-corrected chi connectivity index (χ3v) is 5.67. The van der Waals surface area contributed by atoms with Gasteiger partial charge in [-0.3, -0.25) is 19.3 Å². The second-order valence-electron chi connectivity index (χ2n) is 7.21. The van der Waals surface area contributed by atoms with Gasteiger partial charge in [0.15, 0.2) is 5.75 Å². The van der Waals surface area contributed by atoms with E-state index < -0.39 is 39.4 Å². The first-order valence-corrected chi connectivity index (χ1v) is 11.8. The third-order valence-electron chi connectivity index (χ3n) is 4.75. The molecule has 3 amide bonds. The maximum absolute atomic E-state index is 13.3. The number of benzene rings is 1. The third kappa shape index (κ3) is 4.57. The van der Waals surface area contributed by atoms with Gasteiger partial charge >= 0.3 is 0 Å². The number of nitrogens with zero attached hydrogens (tertiary/aromatic N) is 2. The molecule has 0 aliphatic carbocycles. The molecule has 1 N–H and O–H groups in total. The Kier molecular flexibility index (Phi) is 6.49. The zero-order chi connectivity index (χ0) is 23.6. The number of hydrogen-bond donors (Lipinski definition) is 1. The van der Waals surface area contributed by atoms with E-state index in [1.165, 1.54) is 44.5 Å². The zero-order valence-electron chi connectivity index (χ0n) is 18.0. The van der Waals surface area contributed by atoms with Crippen LogP contribution in [0.1, 0.15) is 46.2 Å². The van der Waals surface area contributed by atoms with E-state index in [1.54, 1.807) is 6.92 Å². The van der Waals surface area contributed by atoms with Crippen LogP contribution in [0, 0.1) is 0 Å². The molecule has 1 unspecified atom stereocenters. The van der Waals surface area contributed by atoms with Crippen molar-refractivity contribution in [2.24, 2.45) is 0 Å². The predicted octanol–water partition coefficient (Wildman–Crippen LogP) is 1.83. The van der Waals surface area contributed by atoms with Crippen molar-refractivity contribution in [1.29, 1.82) is 0 Å². The number of methoxy groups -OCH3 is 1. The molecule has 1 aromatic heterocycles. The lowest BCUT2D eigenvalue weighted by atomic mass is 10.1. The summed E-state index contributed by atoms with van der Waals surface area (Å²) in [4.78, 5) is 43.1. The van der Waals surface area contributed by atoms with Crippen LogP contribution in [0.25, 0.3) is 0 Å². The summed E-state index contributed by atoms with van der Waals surface area (Å²) in [6.45, 7) is 3.34. The van der Waals surface area contributed by atoms with Crippen LogP contribution in [0.15, 0.2) is 30.5 Å². The number of anilines is 1. The largest absolute Gasteiger partial charge is 0.488 e. The number of ether oxygens (including phenoxy) is 2. The van der Waals surface area contributed by atoms with Crippen molar-refractivity contribution in [2.75, 3.05) is 31.0 Å². The summed E-state index contributed by atoms with van der Waals surface area (Å²) in [5.74, 6) is -1.87. The number of hydrogen-bond acceptors (Lipinski definition) is 8. The summed E-state index contributed by atoms with van der Waals surface area (Å²) < 4.78 is 35.1. The molecule has 1 aliphatic rings. The minimum atomic E-state index is -3.63. The molecule has 11 heteroatoms. The fourth-order valence-electron chi connectivity index (χ4n) is 3.53. The first kappa shape index (κ1) is 23.2. The molecule has 0 spiro atoms. The first-order valence-electron chi connectivity index (χ1n) is 9.70. The van der Waals surface area contributed by atoms with Crippen molar-refractivity contribution in [3.8, 4) is 11.6 Å². The number of sulfone groups is 1. The van der Waals surface area contributed by atoms with Gasteiger partial charge in [-0.2, -0.15) is 0 Å². The Morgan fingerprint density at radius 1 is 1.25 bits per heavy atom. The fraction of sp³-hybridized carbons (Fsp3) is 0.333. The Labute approximate surface area is 185 Å². The second-order valence-corrected chi connectivity index (χ2v) is 9.39. The number of nitrogens with one attached hydrogen (secondary N) is 1. The molecule has 0 saturated carbocycles. The van der Waals surface area contributed by atoms with Crippen molar-refractivity contribution >= 4 is 33.2 Å². The van der Waals surface area contributed by atoms with E-state index >= 15 is 0 Å². The molecule has 1 aromatic carbocycles. The van der Waals surface area contributed by atoms with E-state index in [0.717, 1.165) is 11.2 Å². The van der Waals surface area contributed by atoms with E-state index in [1.807, 2.05) is 0 Å². The van der Waals surface area contributed by atoms with Crippen LogP contribution in [0.4, 0.5) is 5.69 Å². The van der Waals surface area contributed by atoms with Gasteiger partial charge in [0.2, 0.25) is 5.91 Å². The van der Waals surface area contributed by atoms with Gasteiger partial charge < -0.3 is 14.8 Å². The van der Waals surface area contributed by atoms with Gasteiger partial charge in [-0.1, -0.05) is 6.07 Å². The van der Waals surface area contributed by atoms with Crippen molar-refractivity contribution in [3.05, 3.63) is 47.2 Å². The quantitative estimate of drug-likeness (QED) is 0.589. The molecule has 10 nitrogen and oxygen atoms in total. The first-order chi connectivity index (χ1) is 15.1. The highest BCUT2D eigenvalue weighted by atomic mass is 32.2. The van der Waals surface area contributed by atoms with E-state index in [4.69, 9.17) is 9.47 Å². The average Bonchev–Trinajstić information content (AvgIpc) is 2.96. The number of rotatable bonds is 8. The van der Waals surface area contributed by atoms with Gasteiger partial charge in [0.25, 0.3) is 17.7 Å². The van der Waals surface area contributed by atoms with E-state index in [9.17, 15) is 22.8 Å². The number of fused-ring (bicyclic) bond motifs is 1. The van der Waals surface area contributed by atoms with E-state index in [0.29, 0.717) is 6.61 Å². The van der Waals surface area contributed by atoms with Crippen LogP contribution in [0.2, 0.25) is 0 Å². The molecule has 0 radical (unpaired) electrons. The van der Waals surface area contributed by atoms with Crippen LogP contribution in [-0.4, -0.2) is 61.7 Å². The van der Waals surface area contributed by atoms with Crippen LogP contribution < -0.4 is 14.8 Å². The summed E-state index contributed by atoms with van der Waals surface area (Å²) in [6.07, 6.45) is 2.36. The number of pyridine rings is 1. The van der Waals surface area contributed by atoms with E-state index in [2.05, 4.69) is 10.3 Å². The van der Waals surface area contributed by atoms with Crippen LogP contribution in [0.3, 0.4) is 0 Å². The van der Waals surface area contributed by atoms with Gasteiger partial charge in [0, 0.05) is 19.4 Å². The topological polar surface area (TPSA) is 132 Å². The summed E-state index contributed by atoms with van der Waals surface area (Å²) in [6, 6.07) is 4.83. The molecule has 32 heavy (non-hydrogen) atoms. The summed E-state index contributed by atoms with van der Waals surface area (Å²) >= 11 is 0. The standard InChI is InChI=1S/C21H23N3O7S/c1-5-31-17-9-13(10-22-19(17)30-3)16(11-32(4,28)29)24-20(26)14-7-6-8-15(23-12(2)25)18(14)21(24)27/h6-10,16H,5,11H2,1-4H3,(H,23,25). The van der Waals surface area contributed by atoms with E-state index in [-0.39, 0.29) is 34.0 Å². The molecule has 1 atom stereocenters. The minimum Gasteiger partial charge on any atom is -0.488 e. The van der Waals surface area contributed by atoms with Gasteiger partial charge in [0.05, 0.1) is 42.3 Å². The molecule has 1 aliphatic heterocycles. The van der Waals surface area contributed by atoms with Crippen LogP contribution in [-0.2, 0) is 14.6 Å².